The van der Waals surface area contributed by atoms with E-state index in [0.717, 1.165) is 4.47 Å². The molecule has 21 heavy (non-hydrogen) atoms. The minimum absolute atomic E-state index is 0.196. The van der Waals surface area contributed by atoms with Crippen molar-refractivity contribution in [3.63, 3.8) is 0 Å². The highest BCUT2D eigenvalue weighted by atomic mass is 79.9. The highest BCUT2D eigenvalue weighted by Crippen LogP contribution is 2.22. The second-order valence-electron chi connectivity index (χ2n) is 4.38. The van der Waals surface area contributed by atoms with E-state index in [1.807, 2.05) is 0 Å². The molecule has 0 spiro atoms. The lowest BCUT2D eigenvalue weighted by atomic mass is 10.1. The first kappa shape index (κ1) is 15.3. The van der Waals surface area contributed by atoms with Crippen molar-refractivity contribution in [1.82, 2.24) is 0 Å². The van der Waals surface area contributed by atoms with Crippen LogP contribution in [0.3, 0.4) is 0 Å². The Morgan fingerprint density at radius 2 is 1.67 bits per heavy atom. The Morgan fingerprint density at radius 3 is 2.29 bits per heavy atom. The molecule has 5 heteroatoms. The normalized spacial score (nSPS) is 10.0. The summed E-state index contributed by atoms with van der Waals surface area (Å²) in [5, 5.41) is 0. The molecule has 0 aliphatic heterocycles. The molecule has 0 unspecified atom stereocenters. The summed E-state index contributed by atoms with van der Waals surface area (Å²) in [4.78, 5) is 25.7. The van der Waals surface area contributed by atoms with Crippen LogP contribution < -0.4 is 4.90 Å². The van der Waals surface area contributed by atoms with Gasteiger partial charge in [0.1, 0.15) is 0 Å². The van der Waals surface area contributed by atoms with Crippen molar-refractivity contribution in [1.29, 1.82) is 0 Å². The van der Waals surface area contributed by atoms with Crippen molar-refractivity contribution in [2.45, 2.75) is 0 Å². The summed E-state index contributed by atoms with van der Waals surface area (Å²) in [5.41, 5.74) is 1.41. The molecule has 0 fully saturated rings. The Hall–Kier alpha value is -2.14. The maximum absolute atomic E-state index is 12.5. The largest absolute Gasteiger partial charge is 0.465 e. The fraction of sp³-hybridized carbons (Fsp3) is 0.125. The van der Waals surface area contributed by atoms with Crippen LogP contribution >= 0.6 is 15.9 Å². The summed E-state index contributed by atoms with van der Waals surface area (Å²) in [6.45, 7) is 0. The van der Waals surface area contributed by atoms with Gasteiger partial charge in [0.25, 0.3) is 5.91 Å². The van der Waals surface area contributed by atoms with Crippen molar-refractivity contribution in [3.05, 3.63) is 64.1 Å². The first-order valence-corrected chi connectivity index (χ1v) is 7.05. The van der Waals surface area contributed by atoms with Gasteiger partial charge in [0.05, 0.1) is 18.4 Å². The molecular weight excluding hydrogens is 334 g/mol. The average molecular weight is 348 g/mol. The summed E-state index contributed by atoms with van der Waals surface area (Å²) in [5.74, 6) is -0.667. The lowest BCUT2D eigenvalue weighted by Gasteiger charge is -2.20. The van der Waals surface area contributed by atoms with Crippen LogP contribution in [0.1, 0.15) is 20.7 Å². The summed E-state index contributed by atoms with van der Waals surface area (Å²) < 4.78 is 5.64. The Bertz CT molecular complexity index is 667. The molecule has 108 valence electrons. The van der Waals surface area contributed by atoms with E-state index in [2.05, 4.69) is 15.9 Å². The molecule has 2 aromatic rings. The van der Waals surface area contributed by atoms with Gasteiger partial charge in [-0.1, -0.05) is 28.1 Å². The van der Waals surface area contributed by atoms with Gasteiger partial charge in [-0.25, -0.2) is 4.79 Å². The molecule has 0 atom stereocenters. The second kappa shape index (κ2) is 6.54. The SMILES string of the molecule is COC(=O)c1ccccc1N(C)C(=O)c1ccc(Br)cc1. The highest BCUT2D eigenvalue weighted by Gasteiger charge is 2.19. The Morgan fingerprint density at radius 1 is 1.05 bits per heavy atom. The van der Waals surface area contributed by atoms with Gasteiger partial charge in [0, 0.05) is 17.1 Å². The van der Waals surface area contributed by atoms with E-state index in [0.29, 0.717) is 16.8 Å². The van der Waals surface area contributed by atoms with Crippen LogP contribution in [0.4, 0.5) is 5.69 Å². The number of rotatable bonds is 3. The van der Waals surface area contributed by atoms with Crippen LogP contribution in [0.15, 0.2) is 53.0 Å². The molecule has 0 heterocycles. The van der Waals surface area contributed by atoms with Gasteiger partial charge in [-0.3, -0.25) is 4.79 Å². The predicted molar refractivity (Wildman–Crippen MR) is 84.7 cm³/mol. The number of methoxy groups -OCH3 is 1. The van der Waals surface area contributed by atoms with Gasteiger partial charge < -0.3 is 9.64 Å². The van der Waals surface area contributed by atoms with Crippen LogP contribution in [0.2, 0.25) is 0 Å². The fourth-order valence-corrected chi connectivity index (χ4v) is 2.21. The predicted octanol–water partition coefficient (Wildman–Crippen LogP) is 3.51. The summed E-state index contributed by atoms with van der Waals surface area (Å²) in [7, 11) is 2.95. The molecular formula is C16H14BrNO3. The van der Waals surface area contributed by atoms with Crippen LogP contribution in [-0.4, -0.2) is 26.0 Å². The molecule has 2 aromatic carbocycles. The molecule has 4 nitrogen and oxygen atoms in total. The number of carbonyl (C=O) groups is 2. The fourth-order valence-electron chi connectivity index (χ4n) is 1.94. The van der Waals surface area contributed by atoms with Crippen LogP contribution in [0, 0.1) is 0 Å². The second-order valence-corrected chi connectivity index (χ2v) is 5.30. The van der Waals surface area contributed by atoms with Crippen molar-refractivity contribution in [3.8, 4) is 0 Å². The summed E-state index contributed by atoms with van der Waals surface area (Å²) >= 11 is 3.33. The standard InChI is InChI=1S/C16H14BrNO3/c1-18(15(19)11-7-9-12(17)10-8-11)14-6-4-3-5-13(14)16(20)21-2/h3-10H,1-2H3. The first-order chi connectivity index (χ1) is 10.0. The minimum Gasteiger partial charge on any atom is -0.465 e. The number of benzene rings is 2. The van der Waals surface area contributed by atoms with Gasteiger partial charge in [-0.05, 0) is 36.4 Å². The van der Waals surface area contributed by atoms with E-state index < -0.39 is 5.97 Å². The molecule has 0 aromatic heterocycles. The Labute approximate surface area is 131 Å². The summed E-state index contributed by atoms with van der Waals surface area (Å²) in [6, 6.07) is 13.9. The van der Waals surface area contributed by atoms with Gasteiger partial charge in [-0.2, -0.15) is 0 Å². The van der Waals surface area contributed by atoms with E-state index in [9.17, 15) is 9.59 Å². The number of esters is 1. The van der Waals surface area contributed by atoms with Gasteiger partial charge in [-0.15, -0.1) is 0 Å². The van der Waals surface area contributed by atoms with Crippen molar-refractivity contribution < 1.29 is 14.3 Å². The van der Waals surface area contributed by atoms with Crippen molar-refractivity contribution >= 4 is 33.5 Å². The third-order valence-corrected chi connectivity index (χ3v) is 3.60. The third kappa shape index (κ3) is 3.31. The maximum atomic E-state index is 12.5. The number of halogens is 1. The zero-order chi connectivity index (χ0) is 15.4. The molecule has 0 aliphatic carbocycles. The zero-order valence-electron chi connectivity index (χ0n) is 11.7. The minimum atomic E-state index is -0.471. The topological polar surface area (TPSA) is 46.6 Å². The number of para-hydroxylation sites is 1. The number of anilines is 1. The smallest absolute Gasteiger partial charge is 0.339 e. The molecule has 0 radical (unpaired) electrons. The number of hydrogen-bond donors (Lipinski definition) is 0. The molecule has 0 bridgehead atoms. The molecule has 2 rings (SSSR count). The summed E-state index contributed by atoms with van der Waals surface area (Å²) in [6.07, 6.45) is 0. The van der Waals surface area contributed by atoms with E-state index in [-0.39, 0.29) is 5.91 Å². The van der Waals surface area contributed by atoms with Crippen molar-refractivity contribution in [2.75, 3.05) is 19.1 Å². The lowest BCUT2D eigenvalue weighted by Crippen LogP contribution is -2.28. The van der Waals surface area contributed by atoms with Gasteiger partial charge >= 0.3 is 5.97 Å². The maximum Gasteiger partial charge on any atom is 0.339 e. The molecule has 1 amide bonds. The van der Waals surface area contributed by atoms with Crippen molar-refractivity contribution in [2.24, 2.45) is 0 Å². The number of hydrogen-bond acceptors (Lipinski definition) is 3. The Balaban J connectivity index is 2.36. The quantitative estimate of drug-likeness (QED) is 0.798. The van der Waals surface area contributed by atoms with E-state index >= 15 is 0 Å². The number of carbonyl (C=O) groups excluding carboxylic acids is 2. The van der Waals surface area contributed by atoms with Crippen LogP contribution in [0.5, 0.6) is 0 Å². The van der Waals surface area contributed by atoms with Crippen LogP contribution in [-0.2, 0) is 4.74 Å². The molecule has 0 saturated carbocycles. The van der Waals surface area contributed by atoms with Gasteiger partial charge in [0.2, 0.25) is 0 Å². The zero-order valence-corrected chi connectivity index (χ0v) is 13.3. The molecule has 0 N–H and O–H groups in total. The number of ether oxygens (including phenoxy) is 1. The molecule has 0 aliphatic rings. The van der Waals surface area contributed by atoms with Crippen LogP contribution in [0.25, 0.3) is 0 Å². The van der Waals surface area contributed by atoms with Gasteiger partial charge in [0.15, 0.2) is 0 Å². The van der Waals surface area contributed by atoms with E-state index in [1.165, 1.54) is 12.0 Å². The Kier molecular flexibility index (Phi) is 4.75. The van der Waals surface area contributed by atoms with E-state index in [1.54, 1.807) is 55.6 Å². The molecule has 0 saturated heterocycles. The first-order valence-electron chi connectivity index (χ1n) is 6.25. The average Bonchev–Trinajstić information content (AvgIpc) is 2.53. The van der Waals surface area contributed by atoms with E-state index in [4.69, 9.17) is 4.74 Å². The third-order valence-electron chi connectivity index (χ3n) is 3.07. The number of amides is 1. The number of nitrogens with zero attached hydrogens (tertiary/aromatic N) is 1. The lowest BCUT2D eigenvalue weighted by molar-refractivity contribution is 0.0601. The monoisotopic (exact) mass is 347 g/mol. The highest BCUT2D eigenvalue weighted by molar-refractivity contribution is 9.10.